The molecule has 0 saturated carbocycles. The van der Waals surface area contributed by atoms with E-state index >= 15 is 0 Å². The fraction of sp³-hybridized carbons (Fsp3) is 0.318. The number of rotatable bonds is 4. The summed E-state index contributed by atoms with van der Waals surface area (Å²) in [6.07, 6.45) is 4.08. The standard InChI is InChI=1S/C22H22FN5OS/c1-13-17(11-24-27-13)14-6-8-28(9-7-14)12-20-25-18-10-19(30-21(18)22(29)26-20)15-2-4-16(23)5-3-15/h2-5,10-11,14H,6-9,12H2,1H3,(H,24,27)(H,25,26,29). The van der Waals surface area contributed by atoms with E-state index in [0.717, 1.165) is 42.1 Å². The van der Waals surface area contributed by atoms with Crippen LogP contribution in [-0.4, -0.2) is 38.2 Å². The summed E-state index contributed by atoms with van der Waals surface area (Å²) < 4.78 is 13.8. The molecule has 4 aromatic rings. The lowest BCUT2D eigenvalue weighted by Gasteiger charge is -2.31. The Hall–Kier alpha value is -2.84. The highest BCUT2D eigenvalue weighted by molar-refractivity contribution is 7.22. The number of piperidine rings is 1. The molecule has 30 heavy (non-hydrogen) atoms. The van der Waals surface area contributed by atoms with Crippen LogP contribution in [0.5, 0.6) is 0 Å². The van der Waals surface area contributed by atoms with E-state index in [1.807, 2.05) is 12.3 Å². The summed E-state index contributed by atoms with van der Waals surface area (Å²) in [5.41, 5.74) is 3.93. The molecule has 0 amide bonds. The molecule has 0 aliphatic carbocycles. The fourth-order valence-electron chi connectivity index (χ4n) is 4.21. The highest BCUT2D eigenvalue weighted by Crippen LogP contribution is 2.32. The quantitative estimate of drug-likeness (QED) is 0.516. The summed E-state index contributed by atoms with van der Waals surface area (Å²) in [5.74, 6) is 0.948. The Balaban J connectivity index is 1.32. The van der Waals surface area contributed by atoms with Crippen LogP contribution in [0.1, 0.15) is 35.8 Å². The second-order valence-electron chi connectivity index (χ2n) is 7.85. The van der Waals surface area contributed by atoms with Gasteiger partial charge in [0.15, 0.2) is 0 Å². The predicted molar refractivity (Wildman–Crippen MR) is 116 cm³/mol. The predicted octanol–water partition coefficient (Wildman–Crippen LogP) is 4.20. The van der Waals surface area contributed by atoms with E-state index in [1.165, 1.54) is 29.0 Å². The van der Waals surface area contributed by atoms with Gasteiger partial charge >= 0.3 is 0 Å². The minimum Gasteiger partial charge on any atom is -0.308 e. The van der Waals surface area contributed by atoms with Crippen LogP contribution in [0.15, 0.2) is 41.3 Å². The van der Waals surface area contributed by atoms with Gasteiger partial charge in [0.1, 0.15) is 16.3 Å². The highest BCUT2D eigenvalue weighted by Gasteiger charge is 2.23. The summed E-state index contributed by atoms with van der Waals surface area (Å²) in [6.45, 7) is 4.62. The van der Waals surface area contributed by atoms with E-state index in [9.17, 15) is 9.18 Å². The molecule has 0 bridgehead atoms. The number of fused-ring (bicyclic) bond motifs is 1. The molecule has 6 nitrogen and oxygen atoms in total. The Morgan fingerprint density at radius 2 is 2.00 bits per heavy atom. The molecule has 3 aromatic heterocycles. The van der Waals surface area contributed by atoms with Crippen molar-refractivity contribution in [1.29, 1.82) is 0 Å². The van der Waals surface area contributed by atoms with Crippen LogP contribution >= 0.6 is 11.3 Å². The first kappa shape index (κ1) is 19.1. The first-order chi connectivity index (χ1) is 14.6. The van der Waals surface area contributed by atoms with Gasteiger partial charge in [0, 0.05) is 10.6 Å². The van der Waals surface area contributed by atoms with Crippen molar-refractivity contribution < 1.29 is 4.39 Å². The van der Waals surface area contributed by atoms with E-state index in [0.29, 0.717) is 28.5 Å². The molecule has 0 atom stereocenters. The third-order valence-corrected chi connectivity index (χ3v) is 7.00. The van der Waals surface area contributed by atoms with Crippen LogP contribution in [-0.2, 0) is 6.54 Å². The van der Waals surface area contributed by atoms with Gasteiger partial charge in [0.05, 0.1) is 18.3 Å². The highest BCUT2D eigenvalue weighted by atomic mass is 32.1. The minimum atomic E-state index is -0.273. The van der Waals surface area contributed by atoms with Gasteiger partial charge in [-0.05, 0) is 68.1 Å². The van der Waals surface area contributed by atoms with E-state index in [4.69, 9.17) is 4.98 Å². The van der Waals surface area contributed by atoms with Crippen LogP contribution < -0.4 is 5.56 Å². The number of hydrogen-bond acceptors (Lipinski definition) is 5. The van der Waals surface area contributed by atoms with Gasteiger partial charge in [-0.25, -0.2) is 9.37 Å². The Labute approximate surface area is 176 Å². The largest absolute Gasteiger partial charge is 0.308 e. The van der Waals surface area contributed by atoms with Gasteiger partial charge in [0.25, 0.3) is 5.56 Å². The maximum atomic E-state index is 13.2. The van der Waals surface area contributed by atoms with Crippen LogP contribution in [0, 0.1) is 12.7 Å². The van der Waals surface area contributed by atoms with Crippen molar-refractivity contribution in [1.82, 2.24) is 25.1 Å². The van der Waals surface area contributed by atoms with Crippen LogP contribution in [0.3, 0.4) is 0 Å². The number of halogens is 1. The topological polar surface area (TPSA) is 77.7 Å². The van der Waals surface area contributed by atoms with Crippen LogP contribution in [0.2, 0.25) is 0 Å². The summed E-state index contributed by atoms with van der Waals surface area (Å²) in [7, 11) is 0. The van der Waals surface area contributed by atoms with Crippen LogP contribution in [0.25, 0.3) is 20.7 Å². The minimum absolute atomic E-state index is 0.114. The number of benzene rings is 1. The molecular weight excluding hydrogens is 401 g/mol. The summed E-state index contributed by atoms with van der Waals surface area (Å²) in [6, 6.07) is 8.22. The van der Waals surface area contributed by atoms with Gasteiger partial charge in [-0.1, -0.05) is 12.1 Å². The zero-order valence-electron chi connectivity index (χ0n) is 16.6. The van der Waals surface area contributed by atoms with Crippen molar-refractivity contribution in [2.75, 3.05) is 13.1 Å². The molecule has 1 fully saturated rings. The average Bonchev–Trinajstić information content (AvgIpc) is 3.36. The lowest BCUT2D eigenvalue weighted by Crippen LogP contribution is -2.33. The Bertz CT molecular complexity index is 1230. The first-order valence-corrected chi connectivity index (χ1v) is 10.9. The molecule has 0 unspecified atom stereocenters. The smallest absolute Gasteiger partial charge is 0.268 e. The number of likely N-dealkylation sites (tertiary alicyclic amines) is 1. The summed E-state index contributed by atoms with van der Waals surface area (Å²) >= 11 is 1.39. The number of aromatic nitrogens is 4. The molecular formula is C22H22FN5OS. The normalized spacial score (nSPS) is 15.8. The second kappa shape index (κ2) is 7.77. The fourth-order valence-corrected chi connectivity index (χ4v) is 5.20. The average molecular weight is 424 g/mol. The number of hydrogen-bond donors (Lipinski definition) is 2. The molecule has 0 spiro atoms. The van der Waals surface area contributed by atoms with Gasteiger partial charge in [-0.15, -0.1) is 11.3 Å². The van der Waals surface area contributed by atoms with Crippen molar-refractivity contribution in [3.8, 4) is 10.4 Å². The zero-order chi connectivity index (χ0) is 20.7. The molecule has 4 heterocycles. The lowest BCUT2D eigenvalue weighted by molar-refractivity contribution is 0.200. The van der Waals surface area contributed by atoms with Crippen molar-refractivity contribution in [2.24, 2.45) is 0 Å². The van der Waals surface area contributed by atoms with Gasteiger partial charge < -0.3 is 4.98 Å². The SMILES string of the molecule is Cc1[nH]ncc1C1CCN(Cc2nc3cc(-c4ccc(F)cc4)sc3c(=O)[nH]2)CC1. The number of nitrogens with zero attached hydrogens (tertiary/aromatic N) is 3. The number of H-pyrrole nitrogens is 2. The van der Waals surface area contributed by atoms with E-state index in [-0.39, 0.29) is 11.4 Å². The van der Waals surface area contributed by atoms with E-state index in [1.54, 1.807) is 12.1 Å². The molecule has 1 aliphatic heterocycles. The van der Waals surface area contributed by atoms with Crippen molar-refractivity contribution >= 4 is 21.6 Å². The molecule has 1 saturated heterocycles. The maximum Gasteiger partial charge on any atom is 0.268 e. The maximum absolute atomic E-state index is 13.2. The number of aromatic amines is 2. The van der Waals surface area contributed by atoms with Crippen molar-refractivity contribution in [2.45, 2.75) is 32.2 Å². The number of nitrogens with one attached hydrogen (secondary N) is 2. The van der Waals surface area contributed by atoms with E-state index < -0.39 is 0 Å². The molecule has 2 N–H and O–H groups in total. The molecule has 1 aliphatic rings. The molecule has 1 aromatic carbocycles. The van der Waals surface area contributed by atoms with Crippen molar-refractivity contribution in [3.63, 3.8) is 0 Å². The second-order valence-corrected chi connectivity index (χ2v) is 8.90. The Morgan fingerprint density at radius 1 is 1.23 bits per heavy atom. The monoisotopic (exact) mass is 423 g/mol. The van der Waals surface area contributed by atoms with Gasteiger partial charge in [-0.2, -0.15) is 5.10 Å². The van der Waals surface area contributed by atoms with Crippen molar-refractivity contribution in [3.05, 3.63) is 69.8 Å². The number of aryl methyl sites for hydroxylation is 1. The van der Waals surface area contributed by atoms with E-state index in [2.05, 4.69) is 27.0 Å². The molecule has 5 rings (SSSR count). The van der Waals surface area contributed by atoms with Crippen LogP contribution in [0.4, 0.5) is 4.39 Å². The summed E-state index contributed by atoms with van der Waals surface area (Å²) in [4.78, 5) is 23.5. The molecule has 8 heteroatoms. The Kier molecular flexibility index (Phi) is 4.96. The summed E-state index contributed by atoms with van der Waals surface area (Å²) in [5, 5.41) is 7.17. The molecule has 0 radical (unpaired) electrons. The lowest BCUT2D eigenvalue weighted by atomic mass is 9.90. The number of thiophene rings is 1. The van der Waals surface area contributed by atoms with Gasteiger partial charge in [0.2, 0.25) is 0 Å². The third-order valence-electron chi connectivity index (χ3n) is 5.83. The Morgan fingerprint density at radius 3 is 2.70 bits per heavy atom. The van der Waals surface area contributed by atoms with Gasteiger partial charge in [-0.3, -0.25) is 14.8 Å². The molecule has 154 valence electrons. The zero-order valence-corrected chi connectivity index (χ0v) is 17.4. The first-order valence-electron chi connectivity index (χ1n) is 10.1. The third kappa shape index (κ3) is 3.68.